The molecule has 0 fully saturated rings. The standard InChI is InChI=1S/C41H65N11O15S/c1-21(2)34(44)40(65)46-19-32(57)48-26(13-15-68-3)35(60)45-18-31(56)47-25(11-12-30(43)55)37(62)49-24(6-4-5-14-42)36(61)50-27(17-33(58)59)38(63)52-29(20-53)39(64)51-28(41(66)67)16-22-7-9-23(54)10-8-22/h7-10,21,24-29,34,53-54H,4-6,11-20,42,44H2,1-3H3,(H2,43,55)(H,45,60)(H,46,65)(H,47,56)(H,48,57)(H,49,62)(H,50,61)(H,51,64)(H,52,63)(H,58,59)(H,66,67)/t24-,25-,26-,27-,28-,29-,34-/m0/s1. The number of carbonyl (C=O) groups is 11. The summed E-state index contributed by atoms with van der Waals surface area (Å²) in [5, 5.41) is 57.2. The maximum atomic E-state index is 13.7. The number of benzene rings is 1. The molecular weight excluding hydrogens is 919 g/mol. The van der Waals surface area contributed by atoms with Gasteiger partial charge >= 0.3 is 11.9 Å². The molecule has 7 atom stereocenters. The summed E-state index contributed by atoms with van der Waals surface area (Å²) in [5.74, 6) is -11.5. The van der Waals surface area contributed by atoms with E-state index < -0.39 is 146 Å². The zero-order chi connectivity index (χ0) is 51.5. The molecule has 1 rings (SSSR count). The predicted molar refractivity (Wildman–Crippen MR) is 244 cm³/mol. The summed E-state index contributed by atoms with van der Waals surface area (Å²) < 4.78 is 0. The number of phenolic OH excluding ortho intramolecular Hbond substituents is 1. The Morgan fingerprint density at radius 3 is 1.62 bits per heavy atom. The highest BCUT2D eigenvalue weighted by molar-refractivity contribution is 7.98. The van der Waals surface area contributed by atoms with Crippen molar-refractivity contribution in [2.75, 3.05) is 38.2 Å². The number of carbonyl (C=O) groups excluding carboxylic acids is 9. The van der Waals surface area contributed by atoms with Gasteiger partial charge in [0.25, 0.3) is 0 Å². The van der Waals surface area contributed by atoms with Crippen LogP contribution in [0.15, 0.2) is 24.3 Å². The lowest BCUT2D eigenvalue weighted by Crippen LogP contribution is -2.60. The summed E-state index contributed by atoms with van der Waals surface area (Å²) in [6, 6.07) is -5.09. The molecular formula is C41H65N11O15S. The molecule has 9 amide bonds. The number of nitrogens with two attached hydrogens (primary N) is 3. The number of hydrogen-bond acceptors (Lipinski definition) is 16. The number of thioether (sulfide) groups is 1. The van der Waals surface area contributed by atoms with Crippen LogP contribution in [0.25, 0.3) is 0 Å². The number of aliphatic hydroxyl groups excluding tert-OH is 1. The van der Waals surface area contributed by atoms with Gasteiger partial charge in [-0.3, -0.25) is 47.9 Å². The lowest BCUT2D eigenvalue weighted by molar-refractivity contribution is -0.143. The molecule has 0 saturated heterocycles. The van der Waals surface area contributed by atoms with E-state index in [9.17, 15) is 73.2 Å². The van der Waals surface area contributed by atoms with Crippen LogP contribution in [0, 0.1) is 5.92 Å². The molecule has 0 radical (unpaired) electrons. The first kappa shape index (κ1) is 59.4. The molecule has 68 heavy (non-hydrogen) atoms. The first-order valence-corrected chi connectivity index (χ1v) is 22.8. The third kappa shape index (κ3) is 23.2. The topological polar surface area (TPSA) is 443 Å². The van der Waals surface area contributed by atoms with Gasteiger partial charge in [0.2, 0.25) is 53.2 Å². The van der Waals surface area contributed by atoms with Gasteiger partial charge in [-0.05, 0) is 74.3 Å². The minimum absolute atomic E-state index is 0.0972. The molecule has 0 bridgehead atoms. The van der Waals surface area contributed by atoms with Crippen molar-refractivity contribution in [2.45, 2.75) is 108 Å². The maximum absolute atomic E-state index is 13.7. The van der Waals surface area contributed by atoms with Gasteiger partial charge in [0, 0.05) is 12.8 Å². The Morgan fingerprint density at radius 1 is 0.632 bits per heavy atom. The third-order valence-electron chi connectivity index (χ3n) is 9.86. The Kier molecular flexibility index (Phi) is 27.4. The number of hydrogen-bond donors (Lipinski definition) is 15. The predicted octanol–water partition coefficient (Wildman–Crippen LogP) is -5.24. The van der Waals surface area contributed by atoms with E-state index in [4.69, 9.17) is 17.2 Å². The van der Waals surface area contributed by atoms with Gasteiger partial charge in [0.1, 0.15) is 42.0 Å². The molecule has 0 aliphatic rings. The number of carboxylic acids is 2. The Bertz CT molecular complexity index is 1910. The number of nitrogens with one attached hydrogen (secondary N) is 8. The molecule has 0 saturated carbocycles. The van der Waals surface area contributed by atoms with E-state index in [1.165, 1.54) is 36.0 Å². The van der Waals surface area contributed by atoms with Crippen molar-refractivity contribution in [2.24, 2.45) is 23.1 Å². The highest BCUT2D eigenvalue weighted by Crippen LogP contribution is 2.12. The molecule has 0 unspecified atom stereocenters. The fourth-order valence-corrected chi connectivity index (χ4v) is 6.40. The van der Waals surface area contributed by atoms with E-state index in [2.05, 4.69) is 42.5 Å². The molecule has 0 aliphatic heterocycles. The molecule has 0 aliphatic carbocycles. The highest BCUT2D eigenvalue weighted by atomic mass is 32.2. The van der Waals surface area contributed by atoms with Crippen molar-refractivity contribution in [3.8, 4) is 5.75 Å². The van der Waals surface area contributed by atoms with Gasteiger partial charge in [0.15, 0.2) is 0 Å². The summed E-state index contributed by atoms with van der Waals surface area (Å²) in [7, 11) is 0. The van der Waals surface area contributed by atoms with Crippen molar-refractivity contribution in [3.05, 3.63) is 29.8 Å². The molecule has 0 aromatic heterocycles. The monoisotopic (exact) mass is 983 g/mol. The molecule has 1 aromatic carbocycles. The second-order valence-electron chi connectivity index (χ2n) is 15.8. The molecule has 1 aromatic rings. The van der Waals surface area contributed by atoms with Crippen LogP contribution in [-0.2, 0) is 59.2 Å². The Hall–Kier alpha value is -6.58. The molecule has 26 nitrogen and oxygen atoms in total. The van der Waals surface area contributed by atoms with Crippen LogP contribution in [-0.4, -0.2) is 166 Å². The molecule has 18 N–H and O–H groups in total. The fraction of sp³-hybridized carbons (Fsp3) is 0.585. The van der Waals surface area contributed by atoms with Crippen molar-refractivity contribution >= 4 is 76.9 Å². The zero-order valence-electron chi connectivity index (χ0n) is 38.0. The largest absolute Gasteiger partial charge is 0.508 e. The second kappa shape index (κ2) is 31.4. The van der Waals surface area contributed by atoms with Gasteiger partial charge in [0.05, 0.1) is 32.2 Å². The van der Waals surface area contributed by atoms with Gasteiger partial charge < -0.3 is 80.2 Å². The number of aromatic hydroxyl groups is 1. The molecule has 0 spiro atoms. The second-order valence-corrected chi connectivity index (χ2v) is 16.7. The summed E-state index contributed by atoms with van der Waals surface area (Å²) in [6.45, 7) is 1.28. The number of amides is 9. The lowest BCUT2D eigenvalue weighted by Gasteiger charge is -2.26. The summed E-state index contributed by atoms with van der Waals surface area (Å²) in [5.41, 5.74) is 17.1. The Labute approximate surface area is 396 Å². The van der Waals surface area contributed by atoms with Crippen LogP contribution in [0.3, 0.4) is 0 Å². The number of phenols is 1. The highest BCUT2D eigenvalue weighted by Gasteiger charge is 2.34. The van der Waals surface area contributed by atoms with E-state index in [1.54, 1.807) is 20.1 Å². The van der Waals surface area contributed by atoms with Crippen LogP contribution in [0.5, 0.6) is 5.75 Å². The average molecular weight is 984 g/mol. The first-order valence-electron chi connectivity index (χ1n) is 21.4. The number of rotatable bonds is 33. The molecule has 0 heterocycles. The van der Waals surface area contributed by atoms with E-state index in [-0.39, 0.29) is 43.9 Å². The first-order chi connectivity index (χ1) is 32.0. The smallest absolute Gasteiger partial charge is 0.326 e. The summed E-state index contributed by atoms with van der Waals surface area (Å²) in [6.07, 6.45) is 0.0648. The van der Waals surface area contributed by atoms with Crippen molar-refractivity contribution < 1.29 is 73.2 Å². The minimum atomic E-state index is -1.94. The molecule has 380 valence electrons. The number of unbranched alkanes of at least 4 members (excludes halogenated alkanes) is 1. The zero-order valence-corrected chi connectivity index (χ0v) is 38.9. The van der Waals surface area contributed by atoms with E-state index in [0.29, 0.717) is 17.7 Å². The van der Waals surface area contributed by atoms with Crippen LogP contribution >= 0.6 is 11.8 Å². The van der Waals surface area contributed by atoms with Gasteiger partial charge in [-0.1, -0.05) is 26.0 Å². The summed E-state index contributed by atoms with van der Waals surface area (Å²) >= 11 is 1.37. The number of aliphatic hydroxyl groups is 1. The number of primary amides is 1. The maximum Gasteiger partial charge on any atom is 0.326 e. The van der Waals surface area contributed by atoms with Crippen molar-refractivity contribution in [1.29, 1.82) is 0 Å². The lowest BCUT2D eigenvalue weighted by atomic mass is 10.0. The average Bonchev–Trinajstić information content (AvgIpc) is 3.28. The van der Waals surface area contributed by atoms with Gasteiger partial charge in [-0.2, -0.15) is 11.8 Å². The van der Waals surface area contributed by atoms with E-state index in [1.807, 2.05) is 0 Å². The van der Waals surface area contributed by atoms with Crippen molar-refractivity contribution in [1.82, 2.24) is 42.5 Å². The Morgan fingerprint density at radius 2 is 1.12 bits per heavy atom. The molecule has 27 heteroatoms. The fourth-order valence-electron chi connectivity index (χ4n) is 5.93. The van der Waals surface area contributed by atoms with Gasteiger partial charge in [-0.25, -0.2) is 4.79 Å². The van der Waals surface area contributed by atoms with Crippen LogP contribution in [0.1, 0.15) is 64.4 Å². The van der Waals surface area contributed by atoms with Crippen LogP contribution in [0.2, 0.25) is 0 Å². The van der Waals surface area contributed by atoms with E-state index in [0.717, 1.165) is 0 Å². The van der Waals surface area contributed by atoms with Crippen LogP contribution < -0.4 is 59.7 Å². The SMILES string of the molecule is CSCC[C@H](NC(=O)CNC(=O)[C@@H](N)C(C)C)C(=O)NCC(=O)N[C@@H](CCC(N)=O)C(=O)N[C@@H](CCCCN)C(=O)N[C@@H](CC(=O)O)C(=O)N[C@@H](CO)C(=O)N[C@@H](Cc1ccc(O)cc1)C(=O)O. The third-order valence-corrected chi connectivity index (χ3v) is 10.5. The van der Waals surface area contributed by atoms with Gasteiger partial charge in [-0.15, -0.1) is 0 Å². The quantitative estimate of drug-likeness (QED) is 0.0293. The number of carboxylic acid groups (broad SMARTS) is 2. The minimum Gasteiger partial charge on any atom is -0.508 e. The normalized spacial score (nSPS) is 14.0. The Balaban J connectivity index is 3.18. The van der Waals surface area contributed by atoms with Crippen molar-refractivity contribution in [3.63, 3.8) is 0 Å². The van der Waals surface area contributed by atoms with E-state index >= 15 is 0 Å². The summed E-state index contributed by atoms with van der Waals surface area (Å²) in [4.78, 5) is 140. The number of aliphatic carboxylic acids is 2. The van der Waals surface area contributed by atoms with Crippen LogP contribution in [0.4, 0.5) is 0 Å².